The number of benzene rings is 1. The van der Waals surface area contributed by atoms with E-state index in [0.717, 1.165) is 45.4 Å². The Kier molecular flexibility index (Phi) is 4.91. The highest BCUT2D eigenvalue weighted by Crippen LogP contribution is 2.38. The fraction of sp³-hybridized carbons (Fsp3) is 0.250. The third kappa shape index (κ3) is 3.29. The molecule has 1 aliphatic carbocycles. The van der Waals surface area contributed by atoms with Gasteiger partial charge in [0, 0.05) is 9.58 Å². The van der Waals surface area contributed by atoms with Gasteiger partial charge in [-0.2, -0.15) is 0 Å². The first kappa shape index (κ1) is 18.6. The molecule has 0 fully saturated rings. The molecule has 0 spiro atoms. The van der Waals surface area contributed by atoms with Gasteiger partial charge in [-0.1, -0.05) is 18.2 Å². The molecule has 0 radical (unpaired) electrons. The first-order valence-corrected chi connectivity index (χ1v) is 10.5. The van der Waals surface area contributed by atoms with Gasteiger partial charge in [0.05, 0.1) is 5.56 Å². The van der Waals surface area contributed by atoms with Gasteiger partial charge in [-0.3, -0.25) is 9.59 Å². The van der Waals surface area contributed by atoms with E-state index >= 15 is 0 Å². The van der Waals surface area contributed by atoms with Gasteiger partial charge in [-0.05, 0) is 48.8 Å². The molecule has 8 heteroatoms. The summed E-state index contributed by atoms with van der Waals surface area (Å²) in [6.07, 6.45) is 2.67. The summed E-state index contributed by atoms with van der Waals surface area (Å²) in [4.78, 5) is 38.1. The fourth-order valence-corrected chi connectivity index (χ4v) is 5.90. The molecule has 1 aromatic carbocycles. The highest BCUT2D eigenvalue weighted by atomic mass is 32.1. The number of anilines is 1. The van der Waals surface area contributed by atoms with Crippen molar-refractivity contribution in [1.82, 2.24) is 0 Å². The number of hydrogen-bond donors (Lipinski definition) is 2. The number of aryl methyl sites for hydroxylation is 2. The van der Waals surface area contributed by atoms with Crippen LogP contribution in [0.15, 0.2) is 24.3 Å². The van der Waals surface area contributed by atoms with E-state index in [9.17, 15) is 14.4 Å². The molecule has 6 nitrogen and oxygen atoms in total. The molecule has 0 unspecified atom stereocenters. The van der Waals surface area contributed by atoms with E-state index in [-0.39, 0.29) is 0 Å². The Morgan fingerprint density at radius 2 is 1.96 bits per heavy atom. The van der Waals surface area contributed by atoms with E-state index in [1.165, 1.54) is 22.7 Å². The maximum atomic E-state index is 12.4. The molecule has 3 aromatic rings. The molecule has 144 valence electrons. The summed E-state index contributed by atoms with van der Waals surface area (Å²) in [5.41, 5.74) is 7.66. The second-order valence-corrected chi connectivity index (χ2v) is 8.76. The van der Waals surface area contributed by atoms with Crippen molar-refractivity contribution < 1.29 is 19.1 Å². The van der Waals surface area contributed by atoms with Crippen molar-refractivity contribution in [3.8, 4) is 0 Å². The van der Waals surface area contributed by atoms with Gasteiger partial charge < -0.3 is 15.8 Å². The highest BCUT2D eigenvalue weighted by Gasteiger charge is 2.26. The summed E-state index contributed by atoms with van der Waals surface area (Å²) in [6.45, 7) is 1.44. The van der Waals surface area contributed by atoms with Gasteiger partial charge in [-0.25, -0.2) is 4.79 Å². The van der Waals surface area contributed by atoms with Gasteiger partial charge >= 0.3 is 5.97 Å². The van der Waals surface area contributed by atoms with E-state index in [0.29, 0.717) is 15.4 Å². The number of esters is 1. The summed E-state index contributed by atoms with van der Waals surface area (Å²) in [6, 6.07) is 7.72. The average molecular weight is 415 g/mol. The Morgan fingerprint density at radius 1 is 1.18 bits per heavy atom. The van der Waals surface area contributed by atoms with Crippen LogP contribution < -0.4 is 11.1 Å². The predicted octanol–water partition coefficient (Wildman–Crippen LogP) is 3.65. The Balaban J connectivity index is 1.44. The lowest BCUT2D eigenvalue weighted by molar-refractivity contribution is -0.119. The molecule has 0 aliphatic heterocycles. The number of nitrogens with two attached hydrogens (primary N) is 1. The number of rotatable bonds is 5. The molecule has 28 heavy (non-hydrogen) atoms. The predicted molar refractivity (Wildman–Crippen MR) is 110 cm³/mol. The molecular formula is C20H18N2O4S2. The summed E-state index contributed by atoms with van der Waals surface area (Å²) < 4.78 is 6.19. The molecule has 0 saturated heterocycles. The van der Waals surface area contributed by atoms with Crippen LogP contribution in [0.5, 0.6) is 0 Å². The van der Waals surface area contributed by atoms with Crippen molar-refractivity contribution in [1.29, 1.82) is 0 Å². The van der Waals surface area contributed by atoms with Gasteiger partial charge in [0.2, 0.25) is 0 Å². The zero-order chi connectivity index (χ0) is 19.8. The van der Waals surface area contributed by atoms with Gasteiger partial charge in [0.25, 0.3) is 11.8 Å². The van der Waals surface area contributed by atoms with Crippen LogP contribution in [0.1, 0.15) is 42.5 Å². The quantitative estimate of drug-likeness (QED) is 0.623. The Hall–Kier alpha value is -2.71. The zero-order valence-corrected chi connectivity index (χ0v) is 16.8. The smallest absolute Gasteiger partial charge is 0.349 e. The largest absolute Gasteiger partial charge is 0.451 e. The number of nitrogens with one attached hydrogen (secondary N) is 1. The zero-order valence-electron chi connectivity index (χ0n) is 15.2. The topological polar surface area (TPSA) is 98.5 Å². The maximum absolute atomic E-state index is 12.4. The van der Waals surface area contributed by atoms with E-state index in [2.05, 4.69) is 5.32 Å². The first-order valence-electron chi connectivity index (χ1n) is 8.85. The Morgan fingerprint density at radius 3 is 2.71 bits per heavy atom. The highest BCUT2D eigenvalue weighted by molar-refractivity contribution is 7.21. The minimum atomic E-state index is -0.549. The molecule has 0 atom stereocenters. The van der Waals surface area contributed by atoms with E-state index in [1.807, 2.05) is 31.2 Å². The maximum Gasteiger partial charge on any atom is 0.349 e. The first-order chi connectivity index (χ1) is 13.5. The third-order valence-electron chi connectivity index (χ3n) is 4.78. The third-order valence-corrected chi connectivity index (χ3v) is 7.24. The van der Waals surface area contributed by atoms with Crippen LogP contribution in [0, 0.1) is 6.92 Å². The van der Waals surface area contributed by atoms with E-state index in [1.54, 1.807) is 0 Å². The lowest BCUT2D eigenvalue weighted by atomic mass is 10.1. The molecular weight excluding hydrogens is 396 g/mol. The molecule has 0 bridgehead atoms. The van der Waals surface area contributed by atoms with Gasteiger partial charge in [0.1, 0.15) is 9.88 Å². The summed E-state index contributed by atoms with van der Waals surface area (Å²) in [7, 11) is 0. The summed E-state index contributed by atoms with van der Waals surface area (Å²) >= 11 is 2.71. The van der Waals surface area contributed by atoms with Crippen LogP contribution in [0.3, 0.4) is 0 Å². The van der Waals surface area contributed by atoms with Gasteiger partial charge in [-0.15, -0.1) is 22.7 Å². The van der Waals surface area contributed by atoms with E-state index < -0.39 is 24.4 Å². The number of amides is 2. The fourth-order valence-electron chi connectivity index (χ4n) is 3.48. The Labute approximate surface area is 169 Å². The van der Waals surface area contributed by atoms with Crippen LogP contribution in [-0.2, 0) is 22.4 Å². The van der Waals surface area contributed by atoms with Crippen molar-refractivity contribution in [2.45, 2.75) is 26.2 Å². The standard InChI is InChI=1S/C20H18N2O4S2/c1-10-11-5-2-3-7-13(11)27-17(10)20(25)26-9-15(23)22-19-16(18(21)24)12-6-4-8-14(12)28-19/h2-3,5,7H,4,6,8-9H2,1H3,(H2,21,24)(H,22,23). The number of fused-ring (bicyclic) bond motifs is 2. The summed E-state index contributed by atoms with van der Waals surface area (Å²) in [5, 5.41) is 4.12. The number of ether oxygens (including phenoxy) is 1. The van der Waals surface area contributed by atoms with Crippen LogP contribution in [0.2, 0.25) is 0 Å². The normalized spacial score (nSPS) is 12.8. The molecule has 2 heterocycles. The second kappa shape index (κ2) is 7.37. The van der Waals surface area contributed by atoms with Crippen LogP contribution in [0.25, 0.3) is 10.1 Å². The lowest BCUT2D eigenvalue weighted by Crippen LogP contribution is -2.22. The number of carbonyl (C=O) groups is 3. The van der Waals surface area contributed by atoms with Crippen molar-refractivity contribution in [3.05, 3.63) is 50.7 Å². The molecule has 4 rings (SSSR count). The van der Waals surface area contributed by atoms with Crippen LogP contribution >= 0.6 is 22.7 Å². The molecule has 2 amide bonds. The van der Waals surface area contributed by atoms with Crippen molar-refractivity contribution in [2.24, 2.45) is 5.73 Å². The number of primary amides is 1. The minimum Gasteiger partial charge on any atom is -0.451 e. The SMILES string of the molecule is Cc1c(C(=O)OCC(=O)Nc2sc3c(c2C(N)=O)CCC3)sc2ccccc12. The average Bonchev–Trinajstić information content (AvgIpc) is 3.33. The van der Waals surface area contributed by atoms with Crippen molar-refractivity contribution in [2.75, 3.05) is 11.9 Å². The monoisotopic (exact) mass is 414 g/mol. The number of thiophene rings is 2. The number of carbonyl (C=O) groups excluding carboxylic acids is 3. The van der Waals surface area contributed by atoms with Crippen molar-refractivity contribution in [3.63, 3.8) is 0 Å². The minimum absolute atomic E-state index is 0.387. The van der Waals surface area contributed by atoms with Gasteiger partial charge in [0.15, 0.2) is 6.61 Å². The molecule has 2 aromatic heterocycles. The number of hydrogen-bond acceptors (Lipinski definition) is 6. The van der Waals surface area contributed by atoms with Crippen LogP contribution in [-0.4, -0.2) is 24.4 Å². The Bertz CT molecular complexity index is 1110. The molecule has 1 aliphatic rings. The lowest BCUT2D eigenvalue weighted by Gasteiger charge is -2.07. The summed E-state index contributed by atoms with van der Waals surface area (Å²) in [5.74, 6) is -1.57. The molecule has 3 N–H and O–H groups in total. The van der Waals surface area contributed by atoms with Crippen LogP contribution in [0.4, 0.5) is 5.00 Å². The van der Waals surface area contributed by atoms with E-state index in [4.69, 9.17) is 10.5 Å². The van der Waals surface area contributed by atoms with Crippen molar-refractivity contribution >= 4 is 55.5 Å². The molecule has 0 saturated carbocycles. The second-order valence-electron chi connectivity index (χ2n) is 6.60.